The standard InChI is InChI=1S/C21H26ClN3O2.HI/c1-26-18-8-7-15(13-19(18)27-2)9-12-24-20(23)25-14-21(10-11-21)16-5-3-4-6-17(16)22;/h3-8,13H,9-12,14H2,1-2H3,(H3,23,24,25);1H. The third-order valence-electron chi connectivity index (χ3n) is 5.02. The minimum absolute atomic E-state index is 0. The molecule has 0 atom stereocenters. The first-order valence-corrected chi connectivity index (χ1v) is 9.45. The Morgan fingerprint density at radius 1 is 1.14 bits per heavy atom. The van der Waals surface area contributed by atoms with Gasteiger partial charge in [-0.15, -0.1) is 24.0 Å². The van der Waals surface area contributed by atoms with Gasteiger partial charge in [0.2, 0.25) is 0 Å². The number of nitrogens with one attached hydrogen (secondary N) is 1. The van der Waals surface area contributed by atoms with E-state index in [-0.39, 0.29) is 29.4 Å². The molecule has 0 saturated heterocycles. The summed E-state index contributed by atoms with van der Waals surface area (Å²) in [5.74, 6) is 1.92. The van der Waals surface area contributed by atoms with E-state index in [9.17, 15) is 0 Å². The summed E-state index contributed by atoms with van der Waals surface area (Å²) >= 11 is 6.35. The van der Waals surface area contributed by atoms with Crippen LogP contribution in [-0.2, 0) is 11.8 Å². The Morgan fingerprint density at radius 2 is 1.86 bits per heavy atom. The highest BCUT2D eigenvalue weighted by molar-refractivity contribution is 14.0. The average Bonchev–Trinajstić information content (AvgIpc) is 3.47. The Labute approximate surface area is 188 Å². The number of aliphatic imine (C=N–C) groups is 1. The zero-order valence-corrected chi connectivity index (χ0v) is 19.3. The molecule has 2 aromatic rings. The molecule has 0 aromatic heterocycles. The van der Waals surface area contributed by atoms with E-state index in [2.05, 4.69) is 16.4 Å². The first kappa shape index (κ1) is 22.6. The van der Waals surface area contributed by atoms with Crippen molar-refractivity contribution in [3.8, 4) is 11.5 Å². The van der Waals surface area contributed by atoms with E-state index in [0.29, 0.717) is 19.0 Å². The lowest BCUT2D eigenvalue weighted by atomic mass is 9.96. The molecule has 3 rings (SSSR count). The van der Waals surface area contributed by atoms with Crippen molar-refractivity contribution < 1.29 is 9.47 Å². The van der Waals surface area contributed by atoms with Crippen molar-refractivity contribution >= 4 is 41.5 Å². The largest absolute Gasteiger partial charge is 0.493 e. The second-order valence-corrected chi connectivity index (χ2v) is 7.23. The maximum absolute atomic E-state index is 6.35. The molecular formula is C21H27ClIN3O2. The smallest absolute Gasteiger partial charge is 0.188 e. The Balaban J connectivity index is 0.00000280. The molecule has 152 valence electrons. The molecule has 0 amide bonds. The molecule has 3 N–H and O–H groups in total. The van der Waals surface area contributed by atoms with Gasteiger partial charge in [0.25, 0.3) is 0 Å². The van der Waals surface area contributed by atoms with Gasteiger partial charge in [0, 0.05) is 17.0 Å². The van der Waals surface area contributed by atoms with Crippen LogP contribution in [0.2, 0.25) is 5.02 Å². The predicted octanol–water partition coefficient (Wildman–Crippen LogP) is 4.15. The van der Waals surface area contributed by atoms with Crippen LogP contribution in [0, 0.1) is 0 Å². The molecule has 0 bridgehead atoms. The summed E-state index contributed by atoms with van der Waals surface area (Å²) in [6.07, 6.45) is 3.00. The second-order valence-electron chi connectivity index (χ2n) is 6.83. The van der Waals surface area contributed by atoms with Crippen LogP contribution < -0.4 is 20.5 Å². The van der Waals surface area contributed by atoms with Gasteiger partial charge in [-0.3, -0.25) is 4.99 Å². The van der Waals surface area contributed by atoms with Crippen molar-refractivity contribution in [1.82, 2.24) is 5.32 Å². The number of hydrogen-bond acceptors (Lipinski definition) is 3. The Bertz CT molecular complexity index is 825. The number of halogens is 2. The first-order chi connectivity index (χ1) is 13.1. The maximum Gasteiger partial charge on any atom is 0.188 e. The van der Waals surface area contributed by atoms with E-state index in [1.807, 2.05) is 36.4 Å². The van der Waals surface area contributed by atoms with Crippen LogP contribution in [0.15, 0.2) is 47.5 Å². The average molecular weight is 516 g/mol. The van der Waals surface area contributed by atoms with Gasteiger partial charge in [-0.25, -0.2) is 0 Å². The molecule has 0 heterocycles. The molecule has 1 saturated carbocycles. The maximum atomic E-state index is 6.35. The molecule has 1 aliphatic rings. The van der Waals surface area contributed by atoms with E-state index in [1.165, 1.54) is 5.56 Å². The van der Waals surface area contributed by atoms with Gasteiger partial charge in [0.15, 0.2) is 17.5 Å². The number of guanidine groups is 1. The summed E-state index contributed by atoms with van der Waals surface area (Å²) in [4.78, 5) is 4.55. The minimum atomic E-state index is 0. The van der Waals surface area contributed by atoms with Gasteiger partial charge in [0.1, 0.15) is 0 Å². The Hall–Kier alpha value is -1.67. The Morgan fingerprint density at radius 3 is 2.50 bits per heavy atom. The molecule has 0 aliphatic heterocycles. The van der Waals surface area contributed by atoms with E-state index < -0.39 is 0 Å². The van der Waals surface area contributed by atoms with Gasteiger partial charge < -0.3 is 20.5 Å². The molecule has 2 aromatic carbocycles. The van der Waals surface area contributed by atoms with Gasteiger partial charge in [-0.1, -0.05) is 35.9 Å². The lowest BCUT2D eigenvalue weighted by Gasteiger charge is -2.15. The van der Waals surface area contributed by atoms with Crippen LogP contribution in [0.5, 0.6) is 11.5 Å². The third kappa shape index (κ3) is 5.44. The zero-order valence-electron chi connectivity index (χ0n) is 16.2. The number of ether oxygens (including phenoxy) is 2. The number of benzene rings is 2. The van der Waals surface area contributed by atoms with E-state index >= 15 is 0 Å². The summed E-state index contributed by atoms with van der Waals surface area (Å²) in [6.45, 7) is 1.36. The van der Waals surface area contributed by atoms with E-state index in [0.717, 1.165) is 41.3 Å². The van der Waals surface area contributed by atoms with Gasteiger partial charge in [-0.2, -0.15) is 0 Å². The van der Waals surface area contributed by atoms with Crippen LogP contribution in [-0.4, -0.2) is 33.3 Å². The van der Waals surface area contributed by atoms with Crippen LogP contribution >= 0.6 is 35.6 Å². The molecule has 7 heteroatoms. The molecule has 5 nitrogen and oxygen atoms in total. The number of nitrogens with zero attached hydrogens (tertiary/aromatic N) is 1. The number of nitrogens with two attached hydrogens (primary N) is 1. The zero-order chi connectivity index (χ0) is 19.3. The quantitative estimate of drug-likeness (QED) is 0.315. The topological polar surface area (TPSA) is 68.9 Å². The number of rotatable bonds is 8. The second kappa shape index (κ2) is 10.2. The van der Waals surface area contributed by atoms with Crippen molar-refractivity contribution in [2.24, 2.45) is 10.7 Å². The lowest BCUT2D eigenvalue weighted by Crippen LogP contribution is -2.34. The Kier molecular flexibility index (Phi) is 8.24. The third-order valence-corrected chi connectivity index (χ3v) is 5.35. The number of hydrogen-bond donors (Lipinski definition) is 2. The summed E-state index contributed by atoms with van der Waals surface area (Å²) in [5.41, 5.74) is 8.42. The molecule has 1 aliphatic carbocycles. The lowest BCUT2D eigenvalue weighted by molar-refractivity contribution is 0.354. The highest BCUT2D eigenvalue weighted by Gasteiger charge is 2.45. The molecule has 0 radical (unpaired) electrons. The fourth-order valence-corrected chi connectivity index (χ4v) is 3.55. The van der Waals surface area contributed by atoms with Crippen molar-refractivity contribution in [3.05, 3.63) is 58.6 Å². The summed E-state index contributed by atoms with van der Waals surface area (Å²) in [6, 6.07) is 13.9. The fourth-order valence-electron chi connectivity index (χ4n) is 3.22. The van der Waals surface area contributed by atoms with Crippen molar-refractivity contribution in [1.29, 1.82) is 0 Å². The van der Waals surface area contributed by atoms with Crippen LogP contribution in [0.25, 0.3) is 0 Å². The van der Waals surface area contributed by atoms with E-state index in [4.69, 9.17) is 26.8 Å². The van der Waals surface area contributed by atoms with Crippen LogP contribution in [0.4, 0.5) is 0 Å². The summed E-state index contributed by atoms with van der Waals surface area (Å²) in [5, 5.41) is 4.00. The molecule has 0 spiro atoms. The first-order valence-electron chi connectivity index (χ1n) is 9.08. The van der Waals surface area contributed by atoms with Crippen molar-refractivity contribution in [3.63, 3.8) is 0 Å². The molecule has 0 unspecified atom stereocenters. The normalized spacial score (nSPS) is 14.8. The van der Waals surface area contributed by atoms with E-state index in [1.54, 1.807) is 14.2 Å². The highest BCUT2D eigenvalue weighted by atomic mass is 127. The van der Waals surface area contributed by atoms with Crippen molar-refractivity contribution in [2.45, 2.75) is 24.7 Å². The SMILES string of the molecule is COc1ccc(CCNC(N)=NCC2(c3ccccc3Cl)CC2)cc1OC.I. The predicted molar refractivity (Wildman–Crippen MR) is 126 cm³/mol. The van der Waals surface area contributed by atoms with Crippen molar-refractivity contribution in [2.75, 3.05) is 27.3 Å². The molecular weight excluding hydrogens is 489 g/mol. The van der Waals surface area contributed by atoms with Crippen LogP contribution in [0.3, 0.4) is 0 Å². The van der Waals surface area contributed by atoms with Crippen LogP contribution in [0.1, 0.15) is 24.0 Å². The highest BCUT2D eigenvalue weighted by Crippen LogP contribution is 2.50. The van der Waals surface area contributed by atoms with Gasteiger partial charge in [-0.05, 0) is 48.6 Å². The van der Waals surface area contributed by atoms with Gasteiger partial charge >= 0.3 is 0 Å². The monoisotopic (exact) mass is 515 g/mol. The number of methoxy groups -OCH3 is 2. The molecule has 28 heavy (non-hydrogen) atoms. The summed E-state index contributed by atoms with van der Waals surface area (Å²) < 4.78 is 10.6. The fraction of sp³-hybridized carbons (Fsp3) is 0.381. The molecule has 1 fully saturated rings. The summed E-state index contributed by atoms with van der Waals surface area (Å²) in [7, 11) is 3.27. The van der Waals surface area contributed by atoms with Gasteiger partial charge in [0.05, 0.1) is 20.8 Å². The minimum Gasteiger partial charge on any atom is -0.493 e.